The van der Waals surface area contributed by atoms with Crippen molar-refractivity contribution >= 4 is 13.8 Å². The average Bonchev–Trinajstić information content (AvgIpc) is 3.07. The molecule has 10 heteroatoms. The van der Waals surface area contributed by atoms with Gasteiger partial charge >= 0.3 is 72.9 Å². The van der Waals surface area contributed by atoms with E-state index in [0.29, 0.717) is 27.8 Å². The molecule has 38 heavy (non-hydrogen) atoms. The largest absolute Gasteiger partial charge is 1.00 e. The van der Waals surface area contributed by atoms with Crippen molar-refractivity contribution in [3.05, 3.63) is 93.0 Å². The Bertz CT molecular complexity index is 1410. The number of hydrogen-bond donors (Lipinski definition) is 1. The fourth-order valence-electron chi connectivity index (χ4n) is 5.10. The van der Waals surface area contributed by atoms with Crippen LogP contribution in [-0.2, 0) is 14.9 Å². The molecule has 4 rings (SSSR count). The van der Waals surface area contributed by atoms with E-state index in [1.807, 2.05) is 34.6 Å². The normalized spacial score (nSPS) is 17.8. The minimum absolute atomic E-state index is 0. The Morgan fingerprint density at radius 3 is 2.08 bits per heavy atom. The quantitative estimate of drug-likeness (QED) is 0.234. The third-order valence-corrected chi connectivity index (χ3v) is 7.14. The SMILES string of the molecule is Cc1cc(OP(=O)([O-])O)c(C2(c3cc([O-])c(C(C)C)cc3C)OC(=O)c3ccccc32)cc1C(C)C.[Na+].[Na+]. The summed E-state index contributed by atoms with van der Waals surface area (Å²) in [6.45, 7) is 11.4. The van der Waals surface area contributed by atoms with Crippen LogP contribution < -0.4 is 73.6 Å². The number of cyclic esters (lactones) is 1. The molecule has 1 N–H and O–H groups in total. The molecule has 3 aromatic rings. The van der Waals surface area contributed by atoms with E-state index in [0.717, 1.165) is 11.1 Å². The molecule has 0 saturated heterocycles. The molecule has 0 aromatic heterocycles. The van der Waals surface area contributed by atoms with Gasteiger partial charge in [0.1, 0.15) is 5.75 Å². The van der Waals surface area contributed by atoms with Gasteiger partial charge in [-0.25, -0.2) is 4.79 Å². The van der Waals surface area contributed by atoms with E-state index in [2.05, 4.69) is 0 Å². The monoisotopic (exact) mass is 554 g/mol. The Morgan fingerprint density at radius 2 is 1.50 bits per heavy atom. The summed E-state index contributed by atoms with van der Waals surface area (Å²) in [6, 6.07) is 13.3. The zero-order valence-corrected chi connectivity index (χ0v) is 28.0. The molecule has 0 saturated carbocycles. The number of benzene rings is 3. The van der Waals surface area contributed by atoms with Crippen molar-refractivity contribution < 1.29 is 92.6 Å². The third-order valence-electron chi connectivity index (χ3n) is 6.71. The molecule has 0 spiro atoms. The van der Waals surface area contributed by atoms with Crippen molar-refractivity contribution in [1.82, 2.24) is 0 Å². The van der Waals surface area contributed by atoms with Gasteiger partial charge in [0.25, 0.3) is 0 Å². The Hall–Kier alpha value is -1.12. The Labute approximate surface area is 267 Å². The van der Waals surface area contributed by atoms with Gasteiger partial charge in [0.2, 0.25) is 0 Å². The first-order chi connectivity index (χ1) is 16.8. The molecule has 0 amide bonds. The number of rotatable bonds is 6. The van der Waals surface area contributed by atoms with Gasteiger partial charge in [-0.15, -0.1) is 5.75 Å². The number of phosphoric acid groups is 1. The maximum absolute atomic E-state index is 13.2. The molecule has 1 aliphatic heterocycles. The predicted octanol–water partition coefficient (Wildman–Crippen LogP) is -1.07. The van der Waals surface area contributed by atoms with Crippen LogP contribution in [0.5, 0.6) is 11.5 Å². The zero-order valence-electron chi connectivity index (χ0n) is 23.1. The molecule has 0 radical (unpaired) electrons. The molecule has 0 aliphatic carbocycles. The first-order valence-corrected chi connectivity index (χ1v) is 13.3. The summed E-state index contributed by atoms with van der Waals surface area (Å²) in [4.78, 5) is 34.7. The molecule has 1 aliphatic rings. The van der Waals surface area contributed by atoms with Crippen LogP contribution in [0, 0.1) is 13.8 Å². The molecule has 190 valence electrons. The van der Waals surface area contributed by atoms with Gasteiger partial charge in [-0.1, -0.05) is 63.6 Å². The smallest absolute Gasteiger partial charge is 0.872 e. The van der Waals surface area contributed by atoms with E-state index < -0.39 is 19.4 Å². The number of fused-ring (bicyclic) bond motifs is 1. The summed E-state index contributed by atoms with van der Waals surface area (Å²) >= 11 is 0. The van der Waals surface area contributed by atoms with Crippen molar-refractivity contribution in [2.75, 3.05) is 0 Å². The van der Waals surface area contributed by atoms with E-state index >= 15 is 0 Å². The summed E-state index contributed by atoms with van der Waals surface area (Å²) < 4.78 is 23.1. The predicted molar refractivity (Wildman–Crippen MR) is 132 cm³/mol. The van der Waals surface area contributed by atoms with Gasteiger partial charge in [-0.05, 0) is 60.6 Å². The zero-order chi connectivity index (χ0) is 26.6. The number of esters is 1. The van der Waals surface area contributed by atoms with Gasteiger partial charge in [0.15, 0.2) is 5.60 Å². The second-order valence-corrected chi connectivity index (χ2v) is 11.0. The van der Waals surface area contributed by atoms with E-state index in [-0.39, 0.29) is 88.0 Å². The van der Waals surface area contributed by atoms with Gasteiger partial charge in [-0.2, -0.15) is 0 Å². The fourth-order valence-corrected chi connectivity index (χ4v) is 5.50. The Kier molecular flexibility index (Phi) is 10.6. The summed E-state index contributed by atoms with van der Waals surface area (Å²) in [5, 5.41) is 13.2. The molecule has 1 heterocycles. The molecule has 2 atom stereocenters. The maximum Gasteiger partial charge on any atom is 1.00 e. The number of carbonyl (C=O) groups excluding carboxylic acids is 1. The first-order valence-electron chi connectivity index (χ1n) is 11.8. The molecule has 7 nitrogen and oxygen atoms in total. The summed E-state index contributed by atoms with van der Waals surface area (Å²) in [5.41, 5.74) is 2.60. The number of ether oxygens (including phenoxy) is 1. The third kappa shape index (κ3) is 5.97. The number of aryl methyl sites for hydroxylation is 2. The summed E-state index contributed by atoms with van der Waals surface area (Å²) in [5.74, 6) is -0.999. The number of hydrogen-bond acceptors (Lipinski definition) is 6. The number of phosphoric ester groups is 1. The van der Waals surface area contributed by atoms with Crippen LogP contribution in [0.1, 0.15) is 88.8 Å². The standard InChI is InChI=1S/C28H31O7P.2Na/c1-15(2)20-13-24(26(12-17(20)5)35-36(31,32)33)28(22-10-8-7-9-19(22)27(30)34-28)23-14-25(29)21(16(3)4)11-18(23)6;;/h7-16,29H,1-6H3,(H2,31,32,33);;/q;2*+1/p-2. The molecule has 3 aromatic carbocycles. The average molecular weight is 554 g/mol. The van der Waals surface area contributed by atoms with Crippen LogP contribution in [0.3, 0.4) is 0 Å². The molecular formula is C28H29Na2O7P. The van der Waals surface area contributed by atoms with Crippen LogP contribution in [-0.4, -0.2) is 10.9 Å². The Balaban J connectivity index is 0.00000253. The minimum atomic E-state index is -5.23. The molecular weight excluding hydrogens is 525 g/mol. The van der Waals surface area contributed by atoms with Crippen LogP contribution in [0.4, 0.5) is 0 Å². The first kappa shape index (κ1) is 33.1. The van der Waals surface area contributed by atoms with Crippen LogP contribution in [0.2, 0.25) is 0 Å². The van der Waals surface area contributed by atoms with Crippen molar-refractivity contribution in [1.29, 1.82) is 0 Å². The van der Waals surface area contributed by atoms with Crippen molar-refractivity contribution in [3.63, 3.8) is 0 Å². The van der Waals surface area contributed by atoms with Gasteiger partial charge in [0, 0.05) is 16.7 Å². The molecule has 0 fully saturated rings. The topological polar surface area (TPSA) is 119 Å². The number of carbonyl (C=O) groups is 1. The molecule has 2 unspecified atom stereocenters. The van der Waals surface area contributed by atoms with Gasteiger partial charge < -0.3 is 24.2 Å². The van der Waals surface area contributed by atoms with E-state index in [1.54, 1.807) is 43.3 Å². The van der Waals surface area contributed by atoms with Crippen LogP contribution in [0.25, 0.3) is 0 Å². The summed E-state index contributed by atoms with van der Waals surface area (Å²) in [7, 11) is -5.23. The minimum Gasteiger partial charge on any atom is -0.872 e. The second-order valence-electron chi connectivity index (χ2n) is 9.90. The van der Waals surface area contributed by atoms with Gasteiger partial charge in [-0.3, -0.25) is 4.57 Å². The fraction of sp³-hybridized carbons (Fsp3) is 0.321. The van der Waals surface area contributed by atoms with Crippen LogP contribution in [0.15, 0.2) is 48.5 Å². The van der Waals surface area contributed by atoms with E-state index in [1.165, 1.54) is 12.1 Å². The Morgan fingerprint density at radius 1 is 0.895 bits per heavy atom. The molecule has 0 bridgehead atoms. The van der Waals surface area contributed by atoms with Gasteiger partial charge in [0.05, 0.1) is 5.56 Å². The van der Waals surface area contributed by atoms with Crippen molar-refractivity contribution in [2.24, 2.45) is 0 Å². The van der Waals surface area contributed by atoms with Crippen LogP contribution >= 0.6 is 7.82 Å². The maximum atomic E-state index is 13.2. The summed E-state index contributed by atoms with van der Waals surface area (Å²) in [6.07, 6.45) is 0. The van der Waals surface area contributed by atoms with E-state index in [4.69, 9.17) is 9.26 Å². The van der Waals surface area contributed by atoms with E-state index in [9.17, 15) is 24.3 Å². The van der Waals surface area contributed by atoms with Crippen molar-refractivity contribution in [3.8, 4) is 11.5 Å². The second kappa shape index (κ2) is 12.2. The van der Waals surface area contributed by atoms with Crippen molar-refractivity contribution in [2.45, 2.75) is 59.0 Å².